The lowest BCUT2D eigenvalue weighted by Gasteiger charge is -2.30. The number of carbonyl (C=O) groups excluding carboxylic acids is 1. The zero-order valence-corrected chi connectivity index (χ0v) is 17.9. The van der Waals surface area contributed by atoms with E-state index in [1.807, 2.05) is 37.3 Å². The Kier molecular flexibility index (Phi) is 7.32. The van der Waals surface area contributed by atoms with E-state index in [-0.39, 0.29) is 11.7 Å². The highest BCUT2D eigenvalue weighted by atomic mass is 35.5. The number of benzene rings is 2. The molecule has 0 aliphatic heterocycles. The number of hydrogen-bond donors (Lipinski definition) is 1. The van der Waals surface area contributed by atoms with Gasteiger partial charge in [-0.3, -0.25) is 9.10 Å². The molecule has 0 spiro atoms. The van der Waals surface area contributed by atoms with E-state index in [0.29, 0.717) is 17.2 Å². The maximum absolute atomic E-state index is 12.9. The van der Waals surface area contributed by atoms with Crippen molar-refractivity contribution in [2.45, 2.75) is 32.4 Å². The molecule has 0 aliphatic rings. The normalized spacial score (nSPS) is 13.5. The van der Waals surface area contributed by atoms with E-state index in [4.69, 9.17) is 16.3 Å². The monoisotopic (exact) mass is 424 g/mol. The number of hydrogen-bond acceptors (Lipinski definition) is 4. The predicted molar refractivity (Wildman–Crippen MR) is 112 cm³/mol. The molecule has 8 heteroatoms. The number of nitrogens with one attached hydrogen (secondary N) is 1. The van der Waals surface area contributed by atoms with Crippen molar-refractivity contribution in [3.05, 3.63) is 59.1 Å². The van der Waals surface area contributed by atoms with Gasteiger partial charge in [-0.2, -0.15) is 0 Å². The van der Waals surface area contributed by atoms with Gasteiger partial charge in [0.1, 0.15) is 11.8 Å². The maximum atomic E-state index is 12.9. The van der Waals surface area contributed by atoms with E-state index in [9.17, 15) is 13.2 Å². The van der Waals surface area contributed by atoms with E-state index in [1.165, 1.54) is 20.1 Å². The molecular weight excluding hydrogens is 400 g/mol. The van der Waals surface area contributed by atoms with Crippen LogP contribution < -0.4 is 14.4 Å². The van der Waals surface area contributed by atoms with Crippen molar-refractivity contribution in [2.75, 3.05) is 17.7 Å². The number of amides is 1. The molecule has 0 aliphatic carbocycles. The Bertz CT molecular complexity index is 919. The average molecular weight is 425 g/mol. The number of rotatable bonds is 8. The minimum absolute atomic E-state index is 0.216. The van der Waals surface area contributed by atoms with E-state index in [1.54, 1.807) is 12.1 Å². The third-order valence-electron chi connectivity index (χ3n) is 4.39. The van der Waals surface area contributed by atoms with Gasteiger partial charge < -0.3 is 10.1 Å². The zero-order chi connectivity index (χ0) is 20.9. The molecule has 2 aromatic rings. The molecule has 1 amide bonds. The van der Waals surface area contributed by atoms with Crippen molar-refractivity contribution in [3.8, 4) is 5.75 Å². The second kappa shape index (κ2) is 9.30. The predicted octanol–water partition coefficient (Wildman–Crippen LogP) is 3.77. The van der Waals surface area contributed by atoms with Crippen molar-refractivity contribution in [3.63, 3.8) is 0 Å². The number of anilines is 1. The molecule has 0 fully saturated rings. The van der Waals surface area contributed by atoms with Crippen molar-refractivity contribution >= 4 is 33.2 Å². The lowest BCUT2D eigenvalue weighted by atomic mass is 10.0. The van der Waals surface area contributed by atoms with Crippen LogP contribution in [0.3, 0.4) is 0 Å². The minimum atomic E-state index is -3.78. The topological polar surface area (TPSA) is 75.7 Å². The Labute approximate surface area is 171 Å². The molecule has 0 heterocycles. The number of nitrogens with zero attached hydrogens (tertiary/aromatic N) is 1. The first-order valence-corrected chi connectivity index (χ1v) is 11.1. The molecule has 0 radical (unpaired) electrons. The van der Waals surface area contributed by atoms with Gasteiger partial charge in [0.15, 0.2) is 0 Å². The number of sulfonamides is 1. The first-order valence-electron chi connectivity index (χ1n) is 8.87. The molecule has 2 atom stereocenters. The lowest BCUT2D eigenvalue weighted by Crippen LogP contribution is -2.48. The molecular formula is C20H25ClN2O4S. The van der Waals surface area contributed by atoms with Gasteiger partial charge in [0.25, 0.3) is 0 Å². The molecule has 0 saturated heterocycles. The summed E-state index contributed by atoms with van der Waals surface area (Å²) in [6.07, 6.45) is 1.72. The quantitative estimate of drug-likeness (QED) is 0.699. The summed E-state index contributed by atoms with van der Waals surface area (Å²) in [7, 11) is -2.35. The van der Waals surface area contributed by atoms with Crippen LogP contribution in [-0.2, 0) is 14.8 Å². The van der Waals surface area contributed by atoms with Crippen LogP contribution in [0.5, 0.6) is 5.75 Å². The molecule has 2 rings (SSSR count). The average Bonchev–Trinajstić information content (AvgIpc) is 2.65. The van der Waals surface area contributed by atoms with Crippen molar-refractivity contribution in [1.82, 2.24) is 5.32 Å². The highest BCUT2D eigenvalue weighted by Gasteiger charge is 2.32. The van der Waals surface area contributed by atoms with Crippen molar-refractivity contribution in [1.29, 1.82) is 0 Å². The minimum Gasteiger partial charge on any atom is -0.495 e. The van der Waals surface area contributed by atoms with Gasteiger partial charge in [-0.25, -0.2) is 8.42 Å². The van der Waals surface area contributed by atoms with Gasteiger partial charge in [-0.05, 0) is 37.1 Å². The van der Waals surface area contributed by atoms with Crippen LogP contribution in [0.2, 0.25) is 5.02 Å². The molecule has 0 saturated carbocycles. The summed E-state index contributed by atoms with van der Waals surface area (Å²) in [5, 5.41) is 3.28. The van der Waals surface area contributed by atoms with Crippen molar-refractivity contribution < 1.29 is 17.9 Å². The van der Waals surface area contributed by atoms with Gasteiger partial charge >= 0.3 is 0 Å². The molecule has 0 bridgehead atoms. The lowest BCUT2D eigenvalue weighted by molar-refractivity contribution is -0.122. The van der Waals surface area contributed by atoms with Gasteiger partial charge in [0.2, 0.25) is 15.9 Å². The summed E-state index contributed by atoms with van der Waals surface area (Å²) in [5.41, 5.74) is 1.17. The second-order valence-corrected chi connectivity index (χ2v) is 8.73. The standard InChI is InChI=1S/C20H25ClN2O4S/c1-5-17(15-9-7-6-8-10-15)22-20(24)14(2)23(28(4,25)26)18-13-16(21)11-12-19(18)27-3/h6-14,17H,5H2,1-4H3,(H,22,24)/t14-,17+/m1/s1. The Hall–Kier alpha value is -2.25. The summed E-state index contributed by atoms with van der Waals surface area (Å²) < 4.78 is 31.4. The molecule has 1 N–H and O–H groups in total. The molecule has 6 nitrogen and oxygen atoms in total. The zero-order valence-electron chi connectivity index (χ0n) is 16.3. The Morgan fingerprint density at radius 3 is 2.39 bits per heavy atom. The molecule has 0 aromatic heterocycles. The summed E-state index contributed by atoms with van der Waals surface area (Å²) in [6.45, 7) is 3.49. The molecule has 2 aromatic carbocycles. The molecule has 0 unspecified atom stereocenters. The first-order chi connectivity index (χ1) is 13.2. The van der Waals surface area contributed by atoms with Gasteiger partial charge in [-0.15, -0.1) is 0 Å². The summed E-state index contributed by atoms with van der Waals surface area (Å²) in [5.74, 6) is -0.104. The first kappa shape index (κ1) is 22.0. The second-order valence-electron chi connectivity index (χ2n) is 6.43. The van der Waals surface area contributed by atoms with Crippen LogP contribution in [0.25, 0.3) is 0 Å². The maximum Gasteiger partial charge on any atom is 0.244 e. The number of ether oxygens (including phenoxy) is 1. The summed E-state index contributed by atoms with van der Waals surface area (Å²) in [4.78, 5) is 12.9. The van der Waals surface area contributed by atoms with Gasteiger partial charge in [-0.1, -0.05) is 48.9 Å². The van der Waals surface area contributed by atoms with Crippen LogP contribution in [0.4, 0.5) is 5.69 Å². The van der Waals surface area contributed by atoms with E-state index in [2.05, 4.69) is 5.32 Å². The van der Waals surface area contributed by atoms with Crippen LogP contribution in [0.15, 0.2) is 48.5 Å². The summed E-state index contributed by atoms with van der Waals surface area (Å²) >= 11 is 6.06. The third kappa shape index (κ3) is 5.17. The fourth-order valence-corrected chi connectivity index (χ4v) is 4.35. The number of halogens is 1. The molecule has 28 heavy (non-hydrogen) atoms. The largest absolute Gasteiger partial charge is 0.495 e. The summed E-state index contributed by atoms with van der Waals surface area (Å²) in [6, 6.07) is 13.0. The van der Waals surface area contributed by atoms with E-state index in [0.717, 1.165) is 16.1 Å². The Morgan fingerprint density at radius 2 is 1.86 bits per heavy atom. The van der Waals surface area contributed by atoms with Crippen LogP contribution in [0.1, 0.15) is 31.9 Å². The van der Waals surface area contributed by atoms with E-state index < -0.39 is 22.0 Å². The third-order valence-corrected chi connectivity index (χ3v) is 5.86. The fourth-order valence-electron chi connectivity index (χ4n) is 3.02. The number of methoxy groups -OCH3 is 1. The van der Waals surface area contributed by atoms with E-state index >= 15 is 0 Å². The highest BCUT2D eigenvalue weighted by molar-refractivity contribution is 7.92. The SMILES string of the molecule is CC[C@H](NC(=O)[C@@H](C)N(c1cc(Cl)ccc1OC)S(C)(=O)=O)c1ccccc1. The Morgan fingerprint density at radius 1 is 1.21 bits per heavy atom. The van der Waals surface area contributed by atoms with Crippen LogP contribution >= 0.6 is 11.6 Å². The fraction of sp³-hybridized carbons (Fsp3) is 0.350. The van der Waals surface area contributed by atoms with Crippen LogP contribution in [-0.4, -0.2) is 33.7 Å². The number of carbonyl (C=O) groups is 1. The van der Waals surface area contributed by atoms with Gasteiger partial charge in [0, 0.05) is 5.02 Å². The van der Waals surface area contributed by atoms with Gasteiger partial charge in [0.05, 0.1) is 25.1 Å². The van der Waals surface area contributed by atoms with Crippen LogP contribution in [0, 0.1) is 0 Å². The highest BCUT2D eigenvalue weighted by Crippen LogP contribution is 2.34. The van der Waals surface area contributed by atoms with Crippen molar-refractivity contribution in [2.24, 2.45) is 0 Å². The molecule has 152 valence electrons. The smallest absolute Gasteiger partial charge is 0.244 e. The Balaban J connectivity index is 2.37.